The fourth-order valence-electron chi connectivity index (χ4n) is 0.850. The molecular weight excluding hydrogens is 190 g/mol. The lowest BCUT2D eigenvalue weighted by Gasteiger charge is -2.04. The van der Waals surface area contributed by atoms with Crippen LogP contribution in [0.5, 0.6) is 0 Å². The van der Waals surface area contributed by atoms with E-state index in [0.717, 1.165) is 6.26 Å². The van der Waals surface area contributed by atoms with Gasteiger partial charge in [-0.3, -0.25) is 0 Å². The van der Waals surface area contributed by atoms with E-state index in [2.05, 4.69) is 10.8 Å². The Kier molecular flexibility index (Phi) is 2.57. The summed E-state index contributed by atoms with van der Waals surface area (Å²) in [7, 11) is -3.78. The van der Waals surface area contributed by atoms with Gasteiger partial charge in [-0.25, -0.2) is 0 Å². The SMILES string of the molecule is C=COS(=O)(=O)c1ccccc1N. The van der Waals surface area contributed by atoms with E-state index in [1.54, 1.807) is 12.1 Å². The summed E-state index contributed by atoms with van der Waals surface area (Å²) in [5.41, 5.74) is 5.60. The van der Waals surface area contributed by atoms with Crippen molar-refractivity contribution in [1.29, 1.82) is 0 Å². The van der Waals surface area contributed by atoms with Gasteiger partial charge in [0.05, 0.1) is 11.9 Å². The smallest absolute Gasteiger partial charge is 0.340 e. The lowest BCUT2D eigenvalue weighted by molar-refractivity contribution is 0.445. The van der Waals surface area contributed by atoms with Gasteiger partial charge >= 0.3 is 10.1 Å². The van der Waals surface area contributed by atoms with E-state index < -0.39 is 10.1 Å². The molecule has 0 aliphatic carbocycles. The average molecular weight is 199 g/mol. The number of benzene rings is 1. The van der Waals surface area contributed by atoms with Crippen LogP contribution >= 0.6 is 0 Å². The molecule has 70 valence electrons. The molecule has 0 bridgehead atoms. The molecule has 1 rings (SSSR count). The van der Waals surface area contributed by atoms with Gasteiger partial charge < -0.3 is 9.92 Å². The third-order valence-electron chi connectivity index (χ3n) is 1.38. The van der Waals surface area contributed by atoms with Crippen molar-refractivity contribution in [3.8, 4) is 0 Å². The van der Waals surface area contributed by atoms with Gasteiger partial charge in [0.25, 0.3) is 0 Å². The number of anilines is 1. The molecule has 4 nitrogen and oxygen atoms in total. The Morgan fingerprint density at radius 1 is 1.38 bits per heavy atom. The van der Waals surface area contributed by atoms with E-state index in [0.29, 0.717) is 0 Å². The molecule has 0 fully saturated rings. The second kappa shape index (κ2) is 3.49. The number of hydrogen-bond donors (Lipinski definition) is 1. The van der Waals surface area contributed by atoms with Crippen LogP contribution < -0.4 is 5.73 Å². The molecule has 0 spiro atoms. The van der Waals surface area contributed by atoms with Gasteiger partial charge in [0, 0.05) is 0 Å². The minimum absolute atomic E-state index is 0.0464. The van der Waals surface area contributed by atoms with Crippen molar-refractivity contribution in [3.63, 3.8) is 0 Å². The van der Waals surface area contributed by atoms with Crippen LogP contribution in [0.3, 0.4) is 0 Å². The summed E-state index contributed by atoms with van der Waals surface area (Å²) in [5, 5.41) is 0. The molecule has 5 heteroatoms. The predicted molar refractivity (Wildman–Crippen MR) is 49.3 cm³/mol. The van der Waals surface area contributed by atoms with Gasteiger partial charge in [0.15, 0.2) is 0 Å². The maximum absolute atomic E-state index is 11.3. The maximum atomic E-state index is 11.3. The summed E-state index contributed by atoms with van der Waals surface area (Å²) < 4.78 is 26.9. The van der Waals surface area contributed by atoms with Gasteiger partial charge in [0.1, 0.15) is 4.90 Å². The standard InChI is InChI=1S/C8H9NO3S/c1-2-12-13(10,11)8-6-4-3-5-7(8)9/h2-6H,1,9H2. The second-order valence-corrected chi connectivity index (χ2v) is 3.80. The summed E-state index contributed by atoms with van der Waals surface area (Å²) in [6.45, 7) is 3.16. The number of nitrogens with two attached hydrogens (primary N) is 1. The Morgan fingerprint density at radius 3 is 2.54 bits per heavy atom. The first-order chi connectivity index (χ1) is 6.08. The lowest BCUT2D eigenvalue weighted by Crippen LogP contribution is -2.05. The van der Waals surface area contributed by atoms with Crippen LogP contribution in [-0.4, -0.2) is 8.42 Å². The van der Waals surface area contributed by atoms with E-state index in [4.69, 9.17) is 5.73 Å². The lowest BCUT2D eigenvalue weighted by atomic mass is 10.3. The monoisotopic (exact) mass is 199 g/mol. The summed E-state index contributed by atoms with van der Waals surface area (Å²) in [5.74, 6) is 0. The highest BCUT2D eigenvalue weighted by Crippen LogP contribution is 2.19. The Morgan fingerprint density at radius 2 is 2.00 bits per heavy atom. The Hall–Kier alpha value is -1.49. The Labute approximate surface area is 76.8 Å². The number of rotatable bonds is 3. The average Bonchev–Trinajstić information content (AvgIpc) is 2.04. The van der Waals surface area contributed by atoms with E-state index in [-0.39, 0.29) is 10.6 Å². The maximum Gasteiger partial charge on any atom is 0.340 e. The van der Waals surface area contributed by atoms with Gasteiger partial charge in [-0.15, -0.1) is 0 Å². The number of nitrogen functional groups attached to an aromatic ring is 1. The molecule has 0 aliphatic rings. The zero-order chi connectivity index (χ0) is 9.90. The third-order valence-corrected chi connectivity index (χ3v) is 2.68. The fraction of sp³-hybridized carbons (Fsp3) is 0. The van der Waals surface area contributed by atoms with E-state index in [9.17, 15) is 8.42 Å². The summed E-state index contributed by atoms with van der Waals surface area (Å²) in [6.07, 6.45) is 0.849. The first-order valence-electron chi connectivity index (χ1n) is 3.46. The highest BCUT2D eigenvalue weighted by atomic mass is 32.2. The van der Waals surface area contributed by atoms with Gasteiger partial charge in [0.2, 0.25) is 0 Å². The van der Waals surface area contributed by atoms with Crippen LogP contribution in [0.25, 0.3) is 0 Å². The van der Waals surface area contributed by atoms with Gasteiger partial charge in [-0.1, -0.05) is 18.7 Å². The minimum atomic E-state index is -3.78. The molecule has 0 aliphatic heterocycles. The van der Waals surface area contributed by atoms with Crippen LogP contribution in [0.15, 0.2) is 42.0 Å². The van der Waals surface area contributed by atoms with Crippen LogP contribution in [0, 0.1) is 0 Å². The summed E-state index contributed by atoms with van der Waals surface area (Å²) in [4.78, 5) is -0.0464. The third kappa shape index (κ3) is 2.00. The molecule has 0 amide bonds. The van der Waals surface area contributed by atoms with Crippen LogP contribution in [0.4, 0.5) is 5.69 Å². The Bertz CT molecular complexity index is 411. The molecule has 0 unspecified atom stereocenters. The molecule has 1 aromatic carbocycles. The number of hydrogen-bond acceptors (Lipinski definition) is 4. The first kappa shape index (κ1) is 9.60. The van der Waals surface area contributed by atoms with Crippen molar-refractivity contribution in [1.82, 2.24) is 0 Å². The normalized spacial score (nSPS) is 10.8. The largest absolute Gasteiger partial charge is 0.398 e. The van der Waals surface area contributed by atoms with Crippen LogP contribution in [0.1, 0.15) is 0 Å². The van der Waals surface area contributed by atoms with Crippen molar-refractivity contribution in [2.24, 2.45) is 0 Å². The molecular formula is C8H9NO3S. The van der Waals surface area contributed by atoms with Crippen LogP contribution in [-0.2, 0) is 14.3 Å². The van der Waals surface area contributed by atoms with Gasteiger partial charge in [-0.05, 0) is 12.1 Å². The van der Waals surface area contributed by atoms with Crippen molar-refractivity contribution in [2.75, 3.05) is 5.73 Å². The molecule has 0 radical (unpaired) electrons. The van der Waals surface area contributed by atoms with Crippen molar-refractivity contribution in [3.05, 3.63) is 37.1 Å². The summed E-state index contributed by atoms with van der Waals surface area (Å²) >= 11 is 0. The fourth-order valence-corrected chi connectivity index (χ4v) is 1.73. The Balaban J connectivity index is 3.22. The van der Waals surface area contributed by atoms with E-state index in [1.165, 1.54) is 12.1 Å². The van der Waals surface area contributed by atoms with Crippen LogP contribution in [0.2, 0.25) is 0 Å². The zero-order valence-corrected chi connectivity index (χ0v) is 7.62. The number of para-hydroxylation sites is 1. The van der Waals surface area contributed by atoms with Crippen molar-refractivity contribution >= 4 is 15.8 Å². The molecule has 0 atom stereocenters. The topological polar surface area (TPSA) is 69.4 Å². The molecule has 0 saturated heterocycles. The highest BCUT2D eigenvalue weighted by molar-refractivity contribution is 7.87. The minimum Gasteiger partial charge on any atom is -0.398 e. The molecule has 2 N–H and O–H groups in total. The van der Waals surface area contributed by atoms with E-state index in [1.807, 2.05) is 0 Å². The zero-order valence-electron chi connectivity index (χ0n) is 6.80. The van der Waals surface area contributed by atoms with E-state index >= 15 is 0 Å². The molecule has 1 aromatic rings. The highest BCUT2D eigenvalue weighted by Gasteiger charge is 2.16. The predicted octanol–water partition coefficient (Wildman–Crippen LogP) is 1.12. The van der Waals surface area contributed by atoms with Crippen molar-refractivity contribution < 1.29 is 12.6 Å². The van der Waals surface area contributed by atoms with Gasteiger partial charge in [-0.2, -0.15) is 8.42 Å². The molecule has 0 saturated carbocycles. The summed E-state index contributed by atoms with van der Waals surface area (Å²) in [6, 6.07) is 6.06. The second-order valence-electron chi connectivity index (χ2n) is 2.25. The molecule has 0 aromatic heterocycles. The quantitative estimate of drug-likeness (QED) is 0.450. The first-order valence-corrected chi connectivity index (χ1v) is 4.87. The molecule has 13 heavy (non-hydrogen) atoms. The van der Waals surface area contributed by atoms with Crippen molar-refractivity contribution in [2.45, 2.75) is 4.90 Å². The molecule has 0 heterocycles.